The highest BCUT2D eigenvalue weighted by Gasteiger charge is 2.39. The van der Waals surface area contributed by atoms with Crippen LogP contribution < -0.4 is 11.1 Å². The fraction of sp³-hybridized carbons (Fsp3) is 0.778. The Morgan fingerprint density at radius 2 is 1.64 bits per heavy atom. The number of nitrogens with two attached hydrogens (primary N) is 1. The van der Waals surface area contributed by atoms with Crippen LogP contribution in [0.15, 0.2) is 0 Å². The lowest BCUT2D eigenvalue weighted by molar-refractivity contribution is -0.163. The predicted octanol–water partition coefficient (Wildman–Crippen LogP) is -0.208. The molecular weight excluding hydrogens is 184 g/mol. The van der Waals surface area contributed by atoms with Crippen molar-refractivity contribution < 1.29 is 14.3 Å². The molecule has 0 spiro atoms. The molecule has 0 saturated heterocycles. The number of esters is 1. The summed E-state index contributed by atoms with van der Waals surface area (Å²) in [5, 5.41) is 2.31. The summed E-state index contributed by atoms with van der Waals surface area (Å²) in [6.45, 7) is 6.46. The first-order chi connectivity index (χ1) is 6.11. The molecule has 1 atom stereocenters. The van der Waals surface area contributed by atoms with E-state index in [0.29, 0.717) is 0 Å². The van der Waals surface area contributed by atoms with Crippen LogP contribution in [0, 0.1) is 0 Å². The Balaban J connectivity index is 4.60. The monoisotopic (exact) mass is 202 g/mol. The largest absolute Gasteiger partial charge is 0.458 e. The van der Waals surface area contributed by atoms with Crippen molar-refractivity contribution in [1.82, 2.24) is 5.32 Å². The van der Waals surface area contributed by atoms with E-state index in [9.17, 15) is 9.59 Å². The Morgan fingerprint density at radius 3 is 1.93 bits per heavy atom. The lowest BCUT2D eigenvalue weighted by Gasteiger charge is -2.26. The van der Waals surface area contributed by atoms with Gasteiger partial charge in [-0.3, -0.25) is 4.79 Å². The van der Waals surface area contributed by atoms with Gasteiger partial charge in [-0.1, -0.05) is 0 Å². The van der Waals surface area contributed by atoms with E-state index >= 15 is 0 Å². The predicted molar refractivity (Wildman–Crippen MR) is 52.5 cm³/mol. The Kier molecular flexibility index (Phi) is 3.65. The maximum atomic E-state index is 11.5. The summed E-state index contributed by atoms with van der Waals surface area (Å²) in [6, 6.07) is 0. The molecule has 0 fully saturated rings. The van der Waals surface area contributed by atoms with Gasteiger partial charge in [0, 0.05) is 7.05 Å². The summed E-state index contributed by atoms with van der Waals surface area (Å²) in [4.78, 5) is 22.7. The highest BCUT2D eigenvalue weighted by molar-refractivity contribution is 6.06. The van der Waals surface area contributed by atoms with Crippen LogP contribution in [-0.4, -0.2) is 30.1 Å². The molecule has 0 aromatic heterocycles. The molecule has 0 unspecified atom stereocenters. The highest BCUT2D eigenvalue weighted by Crippen LogP contribution is 2.12. The third kappa shape index (κ3) is 3.33. The van der Waals surface area contributed by atoms with Crippen LogP contribution in [0.25, 0.3) is 0 Å². The van der Waals surface area contributed by atoms with Gasteiger partial charge in [0.1, 0.15) is 5.60 Å². The minimum atomic E-state index is -1.64. The van der Waals surface area contributed by atoms with Crippen LogP contribution in [0.1, 0.15) is 27.7 Å². The number of carbonyl (C=O) groups excluding carboxylic acids is 2. The molecule has 0 aliphatic rings. The van der Waals surface area contributed by atoms with Crippen molar-refractivity contribution in [3.05, 3.63) is 0 Å². The van der Waals surface area contributed by atoms with Gasteiger partial charge in [-0.15, -0.1) is 0 Å². The van der Waals surface area contributed by atoms with Gasteiger partial charge in [0.15, 0.2) is 5.54 Å². The zero-order chi connectivity index (χ0) is 11.6. The first-order valence-corrected chi connectivity index (χ1v) is 4.36. The topological polar surface area (TPSA) is 81.4 Å². The third-order valence-corrected chi connectivity index (χ3v) is 1.52. The minimum Gasteiger partial charge on any atom is -0.458 e. The van der Waals surface area contributed by atoms with E-state index in [1.807, 2.05) is 0 Å². The van der Waals surface area contributed by atoms with E-state index in [4.69, 9.17) is 10.5 Å². The first-order valence-electron chi connectivity index (χ1n) is 4.36. The number of hydrogen-bond donors (Lipinski definition) is 2. The standard InChI is InChI=1S/C9H18N2O3/c1-8(2,3)14-7(13)9(4,10)6(12)11-5/h10H2,1-5H3,(H,11,12)/t9-/m1/s1. The maximum absolute atomic E-state index is 11.5. The molecule has 5 nitrogen and oxygen atoms in total. The molecule has 5 heteroatoms. The van der Waals surface area contributed by atoms with Crippen molar-refractivity contribution in [2.24, 2.45) is 5.73 Å². The Hall–Kier alpha value is -1.10. The summed E-state index contributed by atoms with van der Waals surface area (Å²) in [7, 11) is 1.41. The van der Waals surface area contributed by atoms with Crippen molar-refractivity contribution in [3.63, 3.8) is 0 Å². The number of rotatable bonds is 2. The Labute approximate surface area is 84.0 Å². The average Bonchev–Trinajstić information content (AvgIpc) is 1.99. The van der Waals surface area contributed by atoms with Crippen molar-refractivity contribution in [2.45, 2.75) is 38.8 Å². The molecule has 0 aliphatic heterocycles. The van der Waals surface area contributed by atoms with Crippen LogP contribution in [0.3, 0.4) is 0 Å². The zero-order valence-electron chi connectivity index (χ0n) is 9.30. The second-order valence-corrected chi connectivity index (χ2v) is 4.28. The molecule has 1 amide bonds. The molecule has 0 saturated carbocycles. The van der Waals surface area contributed by atoms with Gasteiger partial charge in [-0.25, -0.2) is 4.79 Å². The molecule has 0 rings (SSSR count). The molecule has 0 aromatic rings. The number of carbonyl (C=O) groups is 2. The van der Waals surface area contributed by atoms with Crippen LogP contribution in [0.2, 0.25) is 0 Å². The number of hydrogen-bond acceptors (Lipinski definition) is 4. The third-order valence-electron chi connectivity index (χ3n) is 1.52. The van der Waals surface area contributed by atoms with E-state index in [1.54, 1.807) is 20.8 Å². The fourth-order valence-electron chi connectivity index (χ4n) is 0.736. The van der Waals surface area contributed by atoms with Gasteiger partial charge < -0.3 is 15.8 Å². The Morgan fingerprint density at radius 1 is 1.21 bits per heavy atom. The number of nitrogens with one attached hydrogen (secondary N) is 1. The van der Waals surface area contributed by atoms with Gasteiger partial charge in [0.25, 0.3) is 5.91 Å². The van der Waals surface area contributed by atoms with Gasteiger partial charge in [-0.05, 0) is 27.7 Å². The van der Waals surface area contributed by atoms with Crippen molar-refractivity contribution in [3.8, 4) is 0 Å². The summed E-state index contributed by atoms with van der Waals surface area (Å²) in [5.41, 5.74) is 3.25. The van der Waals surface area contributed by atoms with Crippen molar-refractivity contribution in [2.75, 3.05) is 7.05 Å². The van der Waals surface area contributed by atoms with Crippen molar-refractivity contribution in [1.29, 1.82) is 0 Å². The average molecular weight is 202 g/mol. The highest BCUT2D eigenvalue weighted by atomic mass is 16.6. The quantitative estimate of drug-likeness (QED) is 0.479. The molecule has 3 N–H and O–H groups in total. The summed E-state index contributed by atoms with van der Waals surface area (Å²) >= 11 is 0. The zero-order valence-corrected chi connectivity index (χ0v) is 9.30. The van der Waals surface area contributed by atoms with Gasteiger partial charge in [0.2, 0.25) is 0 Å². The Bertz CT molecular complexity index is 241. The van der Waals surface area contributed by atoms with Crippen LogP contribution in [0.4, 0.5) is 0 Å². The van der Waals surface area contributed by atoms with Gasteiger partial charge in [-0.2, -0.15) is 0 Å². The summed E-state index contributed by atoms with van der Waals surface area (Å²) < 4.78 is 5.00. The van der Waals surface area contributed by atoms with E-state index in [1.165, 1.54) is 14.0 Å². The van der Waals surface area contributed by atoms with Crippen LogP contribution in [0.5, 0.6) is 0 Å². The molecule has 82 valence electrons. The maximum Gasteiger partial charge on any atom is 0.336 e. The van der Waals surface area contributed by atoms with Crippen LogP contribution >= 0.6 is 0 Å². The van der Waals surface area contributed by atoms with E-state index in [0.717, 1.165) is 0 Å². The second-order valence-electron chi connectivity index (χ2n) is 4.28. The smallest absolute Gasteiger partial charge is 0.336 e. The SMILES string of the molecule is CNC(=O)[C@@](C)(N)C(=O)OC(C)(C)C. The molecular formula is C9H18N2O3. The molecule has 0 heterocycles. The molecule has 0 bridgehead atoms. The molecule has 0 radical (unpaired) electrons. The fourth-order valence-corrected chi connectivity index (χ4v) is 0.736. The molecule has 0 aromatic carbocycles. The number of likely N-dealkylation sites (N-methyl/N-ethyl adjacent to an activating group) is 1. The number of ether oxygens (including phenoxy) is 1. The van der Waals surface area contributed by atoms with Crippen LogP contribution in [-0.2, 0) is 14.3 Å². The van der Waals surface area contributed by atoms with Gasteiger partial charge >= 0.3 is 5.97 Å². The van der Waals surface area contributed by atoms with E-state index in [2.05, 4.69) is 5.32 Å². The summed E-state index contributed by atoms with van der Waals surface area (Å²) in [5.74, 6) is -1.30. The van der Waals surface area contributed by atoms with Gasteiger partial charge in [0.05, 0.1) is 0 Å². The molecule has 0 aliphatic carbocycles. The minimum absolute atomic E-state index is 0.563. The molecule has 14 heavy (non-hydrogen) atoms. The number of amides is 1. The normalized spacial score (nSPS) is 15.6. The second kappa shape index (κ2) is 3.96. The van der Waals surface area contributed by atoms with Crippen molar-refractivity contribution >= 4 is 11.9 Å². The summed E-state index contributed by atoms with van der Waals surface area (Å²) in [6.07, 6.45) is 0. The van der Waals surface area contributed by atoms with E-state index < -0.39 is 23.0 Å². The lowest BCUT2D eigenvalue weighted by atomic mass is 10.0. The lowest BCUT2D eigenvalue weighted by Crippen LogP contribution is -2.58. The van der Waals surface area contributed by atoms with E-state index in [-0.39, 0.29) is 0 Å². The first kappa shape index (κ1) is 12.9.